The second-order valence-electron chi connectivity index (χ2n) is 7.00. The van der Waals surface area contributed by atoms with Gasteiger partial charge in [-0.1, -0.05) is 18.2 Å². The van der Waals surface area contributed by atoms with Crippen molar-refractivity contribution in [2.45, 2.75) is 25.5 Å². The highest BCUT2D eigenvalue weighted by Gasteiger charge is 2.24. The molecule has 0 bridgehead atoms. The molecular formula is C21H24FN3O6S. The van der Waals surface area contributed by atoms with Gasteiger partial charge >= 0.3 is 0 Å². The predicted molar refractivity (Wildman–Crippen MR) is 115 cm³/mol. The van der Waals surface area contributed by atoms with Crippen LogP contribution in [-0.4, -0.2) is 50.3 Å². The molecule has 2 rings (SSSR count). The summed E-state index contributed by atoms with van der Waals surface area (Å²) in [6, 6.07) is 11.9. The van der Waals surface area contributed by atoms with Crippen molar-refractivity contribution in [3.8, 4) is 5.75 Å². The lowest BCUT2D eigenvalue weighted by molar-refractivity contribution is -0.133. The normalized spacial score (nSPS) is 12.8. The van der Waals surface area contributed by atoms with E-state index < -0.39 is 45.5 Å². The van der Waals surface area contributed by atoms with E-state index in [-0.39, 0.29) is 23.5 Å². The third-order valence-electron chi connectivity index (χ3n) is 4.24. The average Bonchev–Trinajstić information content (AvgIpc) is 2.76. The Bertz CT molecular complexity index is 1040. The van der Waals surface area contributed by atoms with Crippen molar-refractivity contribution < 1.29 is 31.9 Å². The molecule has 11 heteroatoms. The SMILES string of the molecule is C[C@H](Oc1ccc(F)cc1)C(=O)NNC(=O)[C@H](CCS(C)(=O)=O)NC(=O)c1ccccc1. The minimum atomic E-state index is -3.40. The fourth-order valence-electron chi connectivity index (χ4n) is 2.51. The van der Waals surface area contributed by atoms with Crippen molar-refractivity contribution in [1.82, 2.24) is 16.2 Å². The van der Waals surface area contributed by atoms with Gasteiger partial charge in [-0.25, -0.2) is 12.8 Å². The maximum Gasteiger partial charge on any atom is 0.279 e. The second kappa shape index (κ2) is 11.2. The van der Waals surface area contributed by atoms with Crippen LogP contribution in [0.25, 0.3) is 0 Å². The number of hydrazine groups is 1. The monoisotopic (exact) mass is 465 g/mol. The van der Waals surface area contributed by atoms with Crippen molar-refractivity contribution in [2.75, 3.05) is 12.0 Å². The van der Waals surface area contributed by atoms with E-state index >= 15 is 0 Å². The van der Waals surface area contributed by atoms with Crippen LogP contribution >= 0.6 is 0 Å². The largest absolute Gasteiger partial charge is 0.481 e. The van der Waals surface area contributed by atoms with Crippen molar-refractivity contribution >= 4 is 27.6 Å². The van der Waals surface area contributed by atoms with E-state index in [4.69, 9.17) is 4.74 Å². The van der Waals surface area contributed by atoms with Gasteiger partial charge in [-0.2, -0.15) is 0 Å². The minimum Gasteiger partial charge on any atom is -0.481 e. The summed E-state index contributed by atoms with van der Waals surface area (Å²) in [5.74, 6) is -2.64. The molecular weight excluding hydrogens is 441 g/mol. The summed E-state index contributed by atoms with van der Waals surface area (Å²) < 4.78 is 41.3. The molecule has 0 fully saturated rings. The number of carbonyl (C=O) groups is 3. The number of carbonyl (C=O) groups excluding carboxylic acids is 3. The van der Waals surface area contributed by atoms with Crippen LogP contribution in [0.2, 0.25) is 0 Å². The van der Waals surface area contributed by atoms with Crippen LogP contribution in [0, 0.1) is 5.82 Å². The van der Waals surface area contributed by atoms with Crippen LogP contribution in [-0.2, 0) is 19.4 Å². The summed E-state index contributed by atoms with van der Waals surface area (Å²) in [7, 11) is -3.40. The summed E-state index contributed by atoms with van der Waals surface area (Å²) in [6.07, 6.45) is -0.216. The maximum absolute atomic E-state index is 13.0. The Morgan fingerprint density at radius 1 is 0.969 bits per heavy atom. The predicted octanol–water partition coefficient (Wildman–Crippen LogP) is 0.974. The smallest absolute Gasteiger partial charge is 0.279 e. The number of nitrogens with one attached hydrogen (secondary N) is 3. The third-order valence-corrected chi connectivity index (χ3v) is 5.22. The molecule has 3 amide bonds. The topological polar surface area (TPSA) is 131 Å². The summed E-state index contributed by atoms with van der Waals surface area (Å²) in [5, 5.41) is 2.47. The molecule has 9 nitrogen and oxygen atoms in total. The standard InChI is InChI=1S/C21H24FN3O6S/c1-14(31-17-10-8-16(22)9-11-17)19(26)24-25-21(28)18(12-13-32(2,29)30)23-20(27)15-6-4-3-5-7-15/h3-11,14,18H,12-13H2,1-2H3,(H,23,27)(H,24,26)(H,25,28)/t14-,18-/m0/s1. The first-order valence-corrected chi connectivity index (χ1v) is 11.7. The Morgan fingerprint density at radius 3 is 2.16 bits per heavy atom. The fourth-order valence-corrected chi connectivity index (χ4v) is 3.18. The first kappa shape index (κ1) is 24.8. The van der Waals surface area contributed by atoms with Crippen LogP contribution in [0.3, 0.4) is 0 Å². The molecule has 0 aliphatic heterocycles. The lowest BCUT2D eigenvalue weighted by Gasteiger charge is -2.20. The van der Waals surface area contributed by atoms with Crippen LogP contribution in [0.4, 0.5) is 4.39 Å². The molecule has 32 heavy (non-hydrogen) atoms. The van der Waals surface area contributed by atoms with Crippen molar-refractivity contribution in [2.24, 2.45) is 0 Å². The number of amides is 3. The number of rotatable bonds is 9. The molecule has 3 N–H and O–H groups in total. The number of ether oxygens (including phenoxy) is 1. The number of hydrogen-bond acceptors (Lipinski definition) is 6. The van der Waals surface area contributed by atoms with Gasteiger partial charge in [0.1, 0.15) is 27.4 Å². The fraction of sp³-hybridized carbons (Fsp3) is 0.286. The van der Waals surface area contributed by atoms with Gasteiger partial charge in [-0.05, 0) is 49.7 Å². The summed E-state index contributed by atoms with van der Waals surface area (Å²) in [6.45, 7) is 1.42. The molecule has 0 aliphatic carbocycles. The van der Waals surface area contributed by atoms with Gasteiger partial charge in [0.2, 0.25) is 0 Å². The maximum atomic E-state index is 13.0. The highest BCUT2D eigenvalue weighted by atomic mass is 32.2. The highest BCUT2D eigenvalue weighted by molar-refractivity contribution is 7.90. The number of halogens is 1. The van der Waals surface area contributed by atoms with Crippen molar-refractivity contribution in [1.29, 1.82) is 0 Å². The van der Waals surface area contributed by atoms with Crippen molar-refractivity contribution in [3.05, 3.63) is 66.0 Å². The van der Waals surface area contributed by atoms with Crippen LogP contribution < -0.4 is 20.9 Å². The van der Waals surface area contributed by atoms with Gasteiger partial charge in [0.05, 0.1) is 5.75 Å². The average molecular weight is 466 g/mol. The second-order valence-corrected chi connectivity index (χ2v) is 9.26. The van der Waals surface area contributed by atoms with E-state index in [2.05, 4.69) is 16.2 Å². The van der Waals surface area contributed by atoms with Gasteiger partial charge in [0.15, 0.2) is 6.10 Å². The molecule has 2 aromatic carbocycles. The van der Waals surface area contributed by atoms with Crippen LogP contribution in [0.5, 0.6) is 5.75 Å². The van der Waals surface area contributed by atoms with E-state index in [1.54, 1.807) is 18.2 Å². The molecule has 0 aromatic heterocycles. The highest BCUT2D eigenvalue weighted by Crippen LogP contribution is 2.13. The zero-order valence-electron chi connectivity index (χ0n) is 17.5. The van der Waals surface area contributed by atoms with E-state index in [0.717, 1.165) is 6.26 Å². The first-order valence-electron chi connectivity index (χ1n) is 9.61. The molecule has 172 valence electrons. The van der Waals surface area contributed by atoms with Gasteiger partial charge in [0, 0.05) is 11.8 Å². The molecule has 2 atom stereocenters. The van der Waals surface area contributed by atoms with E-state index in [1.165, 1.54) is 43.3 Å². The number of benzene rings is 2. The molecule has 0 unspecified atom stereocenters. The minimum absolute atomic E-state index is 0.194. The van der Waals surface area contributed by atoms with E-state index in [1.807, 2.05) is 0 Å². The number of hydrogen-bond donors (Lipinski definition) is 3. The van der Waals surface area contributed by atoms with E-state index in [9.17, 15) is 27.2 Å². The lowest BCUT2D eigenvalue weighted by Crippen LogP contribution is -2.54. The third kappa shape index (κ3) is 8.34. The first-order chi connectivity index (χ1) is 15.0. The molecule has 0 saturated carbocycles. The van der Waals surface area contributed by atoms with Gasteiger partial charge < -0.3 is 10.1 Å². The summed E-state index contributed by atoms with van der Waals surface area (Å²) in [5.41, 5.74) is 4.62. The lowest BCUT2D eigenvalue weighted by atomic mass is 10.1. The molecule has 0 saturated heterocycles. The quantitative estimate of drug-likeness (QED) is 0.473. The Labute approximate surface area is 185 Å². The summed E-state index contributed by atoms with van der Waals surface area (Å²) >= 11 is 0. The van der Waals surface area contributed by atoms with Gasteiger partial charge in [0.25, 0.3) is 17.7 Å². The molecule has 0 aliphatic rings. The molecule has 0 spiro atoms. The van der Waals surface area contributed by atoms with Crippen molar-refractivity contribution in [3.63, 3.8) is 0 Å². The van der Waals surface area contributed by atoms with Gasteiger partial charge in [-0.15, -0.1) is 0 Å². The Kier molecular flexibility index (Phi) is 8.71. The van der Waals surface area contributed by atoms with E-state index in [0.29, 0.717) is 0 Å². The molecule has 2 aromatic rings. The number of sulfone groups is 1. The Hall–Kier alpha value is -3.47. The Morgan fingerprint density at radius 2 is 1.56 bits per heavy atom. The molecule has 0 radical (unpaired) electrons. The summed E-state index contributed by atoms with van der Waals surface area (Å²) in [4.78, 5) is 37.1. The zero-order valence-corrected chi connectivity index (χ0v) is 18.3. The van der Waals surface area contributed by atoms with Crippen LogP contribution in [0.1, 0.15) is 23.7 Å². The van der Waals surface area contributed by atoms with Gasteiger partial charge in [-0.3, -0.25) is 25.2 Å². The zero-order chi connectivity index (χ0) is 23.7. The van der Waals surface area contributed by atoms with Crippen LogP contribution in [0.15, 0.2) is 54.6 Å². The Balaban J connectivity index is 1.97. The molecule has 0 heterocycles.